The maximum absolute atomic E-state index is 13.1. The van der Waals surface area contributed by atoms with Crippen LogP contribution in [0.15, 0.2) is 70.1 Å². The number of fused-ring (bicyclic) bond motifs is 2. The maximum atomic E-state index is 13.1. The van der Waals surface area contributed by atoms with Crippen molar-refractivity contribution in [2.75, 3.05) is 44.4 Å². The molecule has 0 saturated carbocycles. The summed E-state index contributed by atoms with van der Waals surface area (Å²) < 4.78 is 12.0. The second kappa shape index (κ2) is 12.5. The Labute approximate surface area is 217 Å². The largest absolute Gasteiger partial charge is 0.462 e. The number of carbonyl (C=O) groups excluding carboxylic acids is 1. The first-order chi connectivity index (χ1) is 18.1. The number of likely N-dealkylation sites (N-methyl/N-ethyl adjacent to an activating group) is 1. The second-order valence-corrected chi connectivity index (χ2v) is 8.78. The van der Waals surface area contributed by atoms with E-state index in [1.165, 1.54) is 0 Å². The molecule has 4 rings (SSSR count). The zero-order chi connectivity index (χ0) is 26.2. The zero-order valence-electron chi connectivity index (χ0n) is 21.4. The van der Waals surface area contributed by atoms with Gasteiger partial charge in [0.1, 0.15) is 11.3 Å². The quantitative estimate of drug-likeness (QED) is 0.173. The number of esters is 1. The van der Waals surface area contributed by atoms with Crippen LogP contribution in [-0.4, -0.2) is 55.6 Å². The van der Waals surface area contributed by atoms with Gasteiger partial charge in [0.2, 0.25) is 0 Å². The predicted molar refractivity (Wildman–Crippen MR) is 146 cm³/mol. The lowest BCUT2D eigenvalue weighted by atomic mass is 9.90. The molecule has 0 amide bonds. The minimum Gasteiger partial charge on any atom is -0.462 e. The SMILES string of the molecule is CCCCOC(=O)c1ccccc1-c1c2ccc(=NCCO)cc-2oc2cc(N(CC)CCO)ccc12. The van der Waals surface area contributed by atoms with Crippen LogP contribution in [0.25, 0.3) is 33.4 Å². The number of hydrogen-bond donors (Lipinski definition) is 2. The molecule has 7 heteroatoms. The van der Waals surface area contributed by atoms with Crippen LogP contribution in [0.1, 0.15) is 37.0 Å². The highest BCUT2D eigenvalue weighted by atomic mass is 16.5. The monoisotopic (exact) mass is 502 g/mol. The molecule has 194 valence electrons. The third-order valence-corrected chi connectivity index (χ3v) is 6.35. The average molecular weight is 503 g/mol. The first-order valence-corrected chi connectivity index (χ1v) is 12.9. The fourth-order valence-electron chi connectivity index (χ4n) is 4.49. The van der Waals surface area contributed by atoms with Crippen LogP contribution >= 0.6 is 0 Å². The number of ether oxygens (including phenoxy) is 1. The molecule has 1 heterocycles. The summed E-state index contributed by atoms with van der Waals surface area (Å²) in [4.78, 5) is 19.6. The van der Waals surface area contributed by atoms with Gasteiger partial charge in [0.15, 0.2) is 0 Å². The van der Waals surface area contributed by atoms with Gasteiger partial charge in [0.05, 0.1) is 37.3 Å². The van der Waals surface area contributed by atoms with Crippen LogP contribution in [0, 0.1) is 0 Å². The summed E-state index contributed by atoms with van der Waals surface area (Å²) >= 11 is 0. The van der Waals surface area contributed by atoms with E-state index in [4.69, 9.17) is 9.15 Å². The Balaban J connectivity index is 1.97. The van der Waals surface area contributed by atoms with Gasteiger partial charge in [-0.1, -0.05) is 31.5 Å². The van der Waals surface area contributed by atoms with Gasteiger partial charge < -0.3 is 24.3 Å². The summed E-state index contributed by atoms with van der Waals surface area (Å²) in [5.41, 5.74) is 4.59. The number of unbranched alkanes of at least 4 members (excludes halogenated alkanes) is 1. The first kappa shape index (κ1) is 26.4. The Morgan fingerprint density at radius 1 is 1.00 bits per heavy atom. The molecule has 7 nitrogen and oxygen atoms in total. The summed E-state index contributed by atoms with van der Waals surface area (Å²) in [6.07, 6.45) is 1.76. The fourth-order valence-corrected chi connectivity index (χ4v) is 4.49. The lowest BCUT2D eigenvalue weighted by Crippen LogP contribution is -2.25. The first-order valence-electron chi connectivity index (χ1n) is 12.9. The predicted octanol–water partition coefficient (Wildman–Crippen LogP) is 4.87. The van der Waals surface area contributed by atoms with Gasteiger partial charge in [-0.3, -0.25) is 4.99 Å². The number of carbonyl (C=O) groups is 1. The maximum Gasteiger partial charge on any atom is 0.338 e. The lowest BCUT2D eigenvalue weighted by Gasteiger charge is -2.23. The molecule has 2 N–H and O–H groups in total. The highest BCUT2D eigenvalue weighted by Gasteiger charge is 2.22. The van der Waals surface area contributed by atoms with Crippen LogP contribution in [0.2, 0.25) is 0 Å². The van der Waals surface area contributed by atoms with Crippen LogP contribution in [0.3, 0.4) is 0 Å². The van der Waals surface area contributed by atoms with E-state index in [0.29, 0.717) is 42.0 Å². The minimum atomic E-state index is -0.350. The van der Waals surface area contributed by atoms with E-state index in [9.17, 15) is 15.0 Å². The molecule has 0 bridgehead atoms. The van der Waals surface area contributed by atoms with E-state index < -0.39 is 0 Å². The van der Waals surface area contributed by atoms with Crippen LogP contribution < -0.4 is 10.3 Å². The van der Waals surface area contributed by atoms with E-state index in [2.05, 4.69) is 16.8 Å². The smallest absolute Gasteiger partial charge is 0.338 e. The van der Waals surface area contributed by atoms with Crippen molar-refractivity contribution in [1.82, 2.24) is 0 Å². The zero-order valence-corrected chi connectivity index (χ0v) is 21.4. The van der Waals surface area contributed by atoms with Crippen molar-refractivity contribution in [3.8, 4) is 22.5 Å². The normalized spacial score (nSPS) is 11.8. The second-order valence-electron chi connectivity index (χ2n) is 8.78. The van der Waals surface area contributed by atoms with Crippen LogP contribution in [-0.2, 0) is 4.74 Å². The molecule has 2 aromatic rings. The molecule has 0 aromatic heterocycles. The van der Waals surface area contributed by atoms with Crippen LogP contribution in [0.5, 0.6) is 0 Å². The third kappa shape index (κ3) is 5.84. The Bertz CT molecular complexity index is 1390. The Morgan fingerprint density at radius 3 is 2.59 bits per heavy atom. The molecule has 0 fully saturated rings. The average Bonchev–Trinajstić information content (AvgIpc) is 2.93. The van der Waals surface area contributed by atoms with E-state index in [1.54, 1.807) is 6.07 Å². The van der Waals surface area contributed by atoms with E-state index >= 15 is 0 Å². The number of rotatable bonds is 11. The molecule has 37 heavy (non-hydrogen) atoms. The number of nitrogens with zero attached hydrogens (tertiary/aromatic N) is 2. The van der Waals surface area contributed by atoms with Gasteiger partial charge in [-0.25, -0.2) is 4.79 Å². The van der Waals surface area contributed by atoms with Crippen molar-refractivity contribution in [3.63, 3.8) is 0 Å². The van der Waals surface area contributed by atoms with Crippen molar-refractivity contribution in [3.05, 3.63) is 71.6 Å². The van der Waals surface area contributed by atoms with E-state index in [1.807, 2.05) is 61.5 Å². The van der Waals surface area contributed by atoms with Gasteiger partial charge >= 0.3 is 5.97 Å². The van der Waals surface area contributed by atoms with E-state index in [-0.39, 0.29) is 19.2 Å². The third-order valence-electron chi connectivity index (χ3n) is 6.35. The summed E-state index contributed by atoms with van der Waals surface area (Å²) in [7, 11) is 0. The molecule has 0 saturated heterocycles. The molecule has 0 unspecified atom stereocenters. The molecule has 2 aliphatic rings. The molecule has 2 aromatic carbocycles. The fraction of sp³-hybridized carbons (Fsp3) is 0.333. The number of anilines is 1. The topological polar surface area (TPSA) is 95.5 Å². The number of hydrogen-bond acceptors (Lipinski definition) is 7. The summed E-state index contributed by atoms with van der Waals surface area (Å²) in [6, 6.07) is 19.2. The van der Waals surface area contributed by atoms with Gasteiger partial charge in [-0.05, 0) is 49.2 Å². The Morgan fingerprint density at radius 2 is 1.84 bits per heavy atom. The van der Waals surface area contributed by atoms with Crippen molar-refractivity contribution >= 4 is 22.6 Å². The Kier molecular flexibility index (Phi) is 8.93. The van der Waals surface area contributed by atoms with Crippen molar-refractivity contribution in [2.24, 2.45) is 4.99 Å². The highest BCUT2D eigenvalue weighted by Crippen LogP contribution is 2.42. The Hall–Kier alpha value is -3.68. The van der Waals surface area contributed by atoms with Gasteiger partial charge in [-0.2, -0.15) is 0 Å². The van der Waals surface area contributed by atoms with Gasteiger partial charge in [0.25, 0.3) is 0 Å². The van der Waals surface area contributed by atoms with Crippen molar-refractivity contribution in [1.29, 1.82) is 0 Å². The minimum absolute atomic E-state index is 0.0350. The van der Waals surface area contributed by atoms with Gasteiger partial charge in [-0.15, -0.1) is 0 Å². The lowest BCUT2D eigenvalue weighted by molar-refractivity contribution is 0.0500. The molecule has 1 aliphatic heterocycles. The molecular formula is C30H34N2O5. The van der Waals surface area contributed by atoms with Crippen LogP contribution in [0.4, 0.5) is 5.69 Å². The molecule has 0 atom stereocenters. The van der Waals surface area contributed by atoms with E-state index in [0.717, 1.165) is 47.2 Å². The molecular weight excluding hydrogens is 468 g/mol. The summed E-state index contributed by atoms with van der Waals surface area (Å²) in [5, 5.41) is 20.3. The number of benzene rings is 3. The van der Waals surface area contributed by atoms with Crippen molar-refractivity contribution in [2.45, 2.75) is 26.7 Å². The summed E-state index contributed by atoms with van der Waals surface area (Å²) in [5.74, 6) is 0.274. The molecule has 1 aliphatic carbocycles. The number of aliphatic hydroxyl groups is 2. The standard InChI is InChI=1S/C30H34N2O5/c1-3-5-18-36-30(35)24-9-7-6-8-23(24)29-25-12-10-21(31-14-16-33)19-27(25)37-28-20-22(11-13-26(28)29)32(4-2)15-17-34/h6-13,19-20,33-34H,3-5,14-18H2,1-2H3. The molecule has 0 spiro atoms. The number of aliphatic hydroxyl groups excluding tert-OH is 2. The van der Waals surface area contributed by atoms with Crippen molar-refractivity contribution < 1.29 is 24.2 Å². The highest BCUT2D eigenvalue weighted by molar-refractivity contribution is 6.08. The molecule has 0 radical (unpaired) electrons. The van der Waals surface area contributed by atoms with Gasteiger partial charge in [0, 0.05) is 47.4 Å². The summed E-state index contributed by atoms with van der Waals surface area (Å²) in [6.45, 7) is 6.05.